The fourth-order valence-electron chi connectivity index (χ4n) is 2.77. The summed E-state index contributed by atoms with van der Waals surface area (Å²) in [4.78, 5) is 12.4. The normalized spacial score (nSPS) is 25.3. The Labute approximate surface area is 117 Å². The first-order chi connectivity index (χ1) is 9.10. The van der Waals surface area contributed by atoms with Crippen molar-refractivity contribution in [1.82, 2.24) is 5.32 Å². The standard InChI is InChI=1S/C15H30N2O2/c1-4-19-10-14(11(2)3)17-15(18)13-8-6-5-7-12(13)9-16/h11-14H,4-10,16H2,1-3H3,(H,17,18). The van der Waals surface area contributed by atoms with E-state index in [0.717, 1.165) is 19.3 Å². The van der Waals surface area contributed by atoms with Crippen molar-refractivity contribution in [2.75, 3.05) is 19.8 Å². The third-order valence-electron chi connectivity index (χ3n) is 4.18. The highest BCUT2D eigenvalue weighted by Crippen LogP contribution is 2.29. The number of nitrogens with two attached hydrogens (primary N) is 1. The highest BCUT2D eigenvalue weighted by Gasteiger charge is 2.31. The lowest BCUT2D eigenvalue weighted by Gasteiger charge is -2.32. The van der Waals surface area contributed by atoms with E-state index in [1.165, 1.54) is 6.42 Å². The monoisotopic (exact) mass is 270 g/mol. The zero-order chi connectivity index (χ0) is 14.3. The third kappa shape index (κ3) is 5.11. The van der Waals surface area contributed by atoms with E-state index in [9.17, 15) is 4.79 Å². The van der Waals surface area contributed by atoms with Crippen LogP contribution in [0, 0.1) is 17.8 Å². The van der Waals surface area contributed by atoms with Crippen LogP contribution in [0.15, 0.2) is 0 Å². The van der Waals surface area contributed by atoms with Gasteiger partial charge in [-0.05, 0) is 38.1 Å². The Morgan fingerprint density at radius 1 is 1.37 bits per heavy atom. The maximum Gasteiger partial charge on any atom is 0.223 e. The van der Waals surface area contributed by atoms with Crippen LogP contribution >= 0.6 is 0 Å². The van der Waals surface area contributed by atoms with Gasteiger partial charge in [0.05, 0.1) is 12.6 Å². The highest BCUT2D eigenvalue weighted by atomic mass is 16.5. The smallest absolute Gasteiger partial charge is 0.223 e. The maximum absolute atomic E-state index is 12.4. The first-order valence-electron chi connectivity index (χ1n) is 7.68. The molecule has 0 heterocycles. The molecule has 3 unspecified atom stereocenters. The van der Waals surface area contributed by atoms with Gasteiger partial charge in [-0.3, -0.25) is 4.79 Å². The molecule has 0 aromatic heterocycles. The van der Waals surface area contributed by atoms with E-state index >= 15 is 0 Å². The molecular weight excluding hydrogens is 240 g/mol. The quantitative estimate of drug-likeness (QED) is 0.743. The molecule has 0 aliphatic heterocycles. The van der Waals surface area contributed by atoms with Gasteiger partial charge in [0.1, 0.15) is 0 Å². The lowest BCUT2D eigenvalue weighted by atomic mass is 9.78. The summed E-state index contributed by atoms with van der Waals surface area (Å²) in [5.41, 5.74) is 5.80. The second-order valence-electron chi connectivity index (χ2n) is 5.91. The van der Waals surface area contributed by atoms with Crippen LogP contribution in [0.3, 0.4) is 0 Å². The Kier molecular flexibility index (Phi) is 7.39. The molecule has 4 nitrogen and oxygen atoms in total. The van der Waals surface area contributed by atoms with Crippen molar-refractivity contribution < 1.29 is 9.53 Å². The van der Waals surface area contributed by atoms with Crippen molar-refractivity contribution in [3.8, 4) is 0 Å². The minimum atomic E-state index is 0.0987. The van der Waals surface area contributed by atoms with Gasteiger partial charge >= 0.3 is 0 Å². The van der Waals surface area contributed by atoms with E-state index in [1.807, 2.05) is 6.92 Å². The van der Waals surface area contributed by atoms with E-state index in [0.29, 0.717) is 31.6 Å². The number of carbonyl (C=O) groups is 1. The van der Waals surface area contributed by atoms with Crippen molar-refractivity contribution in [1.29, 1.82) is 0 Å². The molecule has 0 spiro atoms. The Balaban J connectivity index is 2.54. The summed E-state index contributed by atoms with van der Waals surface area (Å²) in [5.74, 6) is 1.01. The third-order valence-corrected chi connectivity index (χ3v) is 4.18. The number of hydrogen-bond donors (Lipinski definition) is 2. The van der Waals surface area contributed by atoms with Crippen LogP contribution in [0.2, 0.25) is 0 Å². The van der Waals surface area contributed by atoms with Crippen molar-refractivity contribution in [2.45, 2.75) is 52.5 Å². The van der Waals surface area contributed by atoms with Crippen LogP contribution in [-0.4, -0.2) is 31.7 Å². The molecule has 0 bridgehead atoms. The number of amides is 1. The number of ether oxygens (including phenoxy) is 1. The Bertz CT molecular complexity index is 269. The van der Waals surface area contributed by atoms with E-state index in [-0.39, 0.29) is 17.9 Å². The zero-order valence-corrected chi connectivity index (χ0v) is 12.7. The van der Waals surface area contributed by atoms with Crippen LogP contribution in [0.5, 0.6) is 0 Å². The number of rotatable bonds is 7. The van der Waals surface area contributed by atoms with Crippen LogP contribution in [0.4, 0.5) is 0 Å². The van der Waals surface area contributed by atoms with E-state index in [4.69, 9.17) is 10.5 Å². The first kappa shape index (κ1) is 16.4. The second kappa shape index (κ2) is 8.54. The summed E-state index contributed by atoms with van der Waals surface area (Å²) in [5, 5.41) is 3.17. The molecule has 1 amide bonds. The minimum Gasteiger partial charge on any atom is -0.380 e. The molecule has 1 rings (SSSR count). The molecule has 112 valence electrons. The second-order valence-corrected chi connectivity index (χ2v) is 5.91. The van der Waals surface area contributed by atoms with Gasteiger partial charge in [0, 0.05) is 12.5 Å². The first-order valence-corrected chi connectivity index (χ1v) is 7.68. The summed E-state index contributed by atoms with van der Waals surface area (Å²) >= 11 is 0. The van der Waals surface area contributed by atoms with Gasteiger partial charge in [-0.2, -0.15) is 0 Å². The topological polar surface area (TPSA) is 64.3 Å². The molecule has 19 heavy (non-hydrogen) atoms. The Morgan fingerprint density at radius 2 is 2.05 bits per heavy atom. The van der Waals surface area contributed by atoms with Gasteiger partial charge in [-0.1, -0.05) is 26.7 Å². The zero-order valence-electron chi connectivity index (χ0n) is 12.7. The molecule has 0 aromatic carbocycles. The molecule has 1 aliphatic rings. The summed E-state index contributed by atoms with van der Waals surface area (Å²) in [6.07, 6.45) is 4.42. The van der Waals surface area contributed by atoms with Gasteiger partial charge in [0.2, 0.25) is 5.91 Å². The molecule has 0 aromatic rings. The van der Waals surface area contributed by atoms with Crippen LogP contribution in [0.1, 0.15) is 46.5 Å². The number of nitrogens with one attached hydrogen (secondary N) is 1. The summed E-state index contributed by atoms with van der Waals surface area (Å²) in [7, 11) is 0. The molecule has 1 saturated carbocycles. The van der Waals surface area contributed by atoms with Crippen LogP contribution < -0.4 is 11.1 Å². The average Bonchev–Trinajstić information content (AvgIpc) is 2.42. The van der Waals surface area contributed by atoms with E-state index in [2.05, 4.69) is 19.2 Å². The maximum atomic E-state index is 12.4. The molecule has 1 fully saturated rings. The summed E-state index contributed by atoms with van der Waals surface area (Å²) < 4.78 is 5.46. The number of carbonyl (C=O) groups excluding carboxylic acids is 1. The van der Waals surface area contributed by atoms with Crippen molar-refractivity contribution in [2.24, 2.45) is 23.5 Å². The van der Waals surface area contributed by atoms with Crippen molar-refractivity contribution in [3.05, 3.63) is 0 Å². The fraction of sp³-hybridized carbons (Fsp3) is 0.933. The molecule has 0 saturated heterocycles. The van der Waals surface area contributed by atoms with Crippen molar-refractivity contribution in [3.63, 3.8) is 0 Å². The Hall–Kier alpha value is -0.610. The summed E-state index contributed by atoms with van der Waals surface area (Å²) in [6, 6.07) is 0.104. The van der Waals surface area contributed by atoms with Crippen molar-refractivity contribution >= 4 is 5.91 Å². The molecule has 4 heteroatoms. The minimum absolute atomic E-state index is 0.0987. The lowest BCUT2D eigenvalue weighted by molar-refractivity contribution is -0.129. The van der Waals surface area contributed by atoms with Gasteiger partial charge in [0.25, 0.3) is 0 Å². The predicted octanol–water partition coefficient (Wildman–Crippen LogP) is 1.93. The summed E-state index contributed by atoms with van der Waals surface area (Å²) in [6.45, 7) is 8.12. The average molecular weight is 270 g/mol. The molecule has 1 aliphatic carbocycles. The van der Waals surface area contributed by atoms with E-state index < -0.39 is 0 Å². The SMILES string of the molecule is CCOCC(NC(=O)C1CCCCC1CN)C(C)C. The fourth-order valence-corrected chi connectivity index (χ4v) is 2.77. The molecule has 0 radical (unpaired) electrons. The van der Waals surface area contributed by atoms with E-state index in [1.54, 1.807) is 0 Å². The Morgan fingerprint density at radius 3 is 2.63 bits per heavy atom. The van der Waals surface area contributed by atoms with Gasteiger partial charge in [-0.15, -0.1) is 0 Å². The highest BCUT2D eigenvalue weighted by molar-refractivity contribution is 5.79. The number of hydrogen-bond acceptors (Lipinski definition) is 3. The van der Waals surface area contributed by atoms with Gasteiger partial charge in [-0.25, -0.2) is 0 Å². The van der Waals surface area contributed by atoms with Crippen LogP contribution in [-0.2, 0) is 9.53 Å². The molecule has 3 N–H and O–H groups in total. The van der Waals surface area contributed by atoms with Crippen LogP contribution in [0.25, 0.3) is 0 Å². The lowest BCUT2D eigenvalue weighted by Crippen LogP contribution is -2.47. The van der Waals surface area contributed by atoms with Gasteiger partial charge in [0.15, 0.2) is 0 Å². The van der Waals surface area contributed by atoms with Gasteiger partial charge < -0.3 is 15.8 Å². The molecule has 3 atom stereocenters. The molecular formula is C15H30N2O2. The predicted molar refractivity (Wildman–Crippen MR) is 77.8 cm³/mol. The largest absolute Gasteiger partial charge is 0.380 e.